The van der Waals surface area contributed by atoms with Crippen LogP contribution in [0.2, 0.25) is 0 Å². The zero-order chi connectivity index (χ0) is 20.4. The molecule has 2 saturated heterocycles. The van der Waals surface area contributed by atoms with Crippen molar-refractivity contribution in [1.82, 2.24) is 20.7 Å². The average Bonchev–Trinajstić information content (AvgIpc) is 3.23. The van der Waals surface area contributed by atoms with E-state index in [1.165, 1.54) is 5.56 Å². The summed E-state index contributed by atoms with van der Waals surface area (Å²) in [5, 5.41) is 0. The predicted octanol–water partition coefficient (Wildman–Crippen LogP) is 0.974. The molecule has 0 spiro atoms. The molecule has 3 aliphatic rings. The van der Waals surface area contributed by atoms with Gasteiger partial charge in [0, 0.05) is 39.8 Å². The number of hydrogen-bond donors (Lipinski definition) is 2. The second-order valence-electron chi connectivity index (χ2n) is 8.70. The van der Waals surface area contributed by atoms with Crippen LogP contribution in [0.1, 0.15) is 30.4 Å². The first kappa shape index (κ1) is 20.2. The van der Waals surface area contributed by atoms with Gasteiger partial charge in [-0.2, -0.15) is 0 Å². The third kappa shape index (κ3) is 4.41. The van der Waals surface area contributed by atoms with Crippen molar-refractivity contribution in [2.45, 2.75) is 38.1 Å². The van der Waals surface area contributed by atoms with Gasteiger partial charge in [-0.25, -0.2) is 0 Å². The molecule has 2 fully saturated rings. The largest absolute Gasteiger partial charge is 0.493 e. The van der Waals surface area contributed by atoms with Crippen molar-refractivity contribution < 1.29 is 14.3 Å². The lowest BCUT2D eigenvalue weighted by atomic mass is 9.83. The molecule has 2 N–H and O–H groups in total. The maximum absolute atomic E-state index is 13.0. The van der Waals surface area contributed by atoms with E-state index in [4.69, 9.17) is 4.74 Å². The SMILES string of the molecule is CN(C)C(=O)C1CNNC1C1CCCN(C(=O)Cc2ccc3c(c2)CCCO3)C1. The lowest BCUT2D eigenvalue weighted by Gasteiger charge is -2.37. The number of fused-ring (bicyclic) bond motifs is 1. The van der Waals surface area contributed by atoms with Gasteiger partial charge in [0.25, 0.3) is 0 Å². The molecule has 7 heteroatoms. The number of hydrogen-bond acceptors (Lipinski definition) is 5. The number of amides is 2. The molecular formula is C22H32N4O3. The summed E-state index contributed by atoms with van der Waals surface area (Å²) in [6.45, 7) is 2.93. The molecule has 1 aromatic rings. The van der Waals surface area contributed by atoms with E-state index in [1.807, 2.05) is 17.0 Å². The van der Waals surface area contributed by atoms with Crippen molar-refractivity contribution in [3.8, 4) is 5.75 Å². The molecule has 7 nitrogen and oxygen atoms in total. The van der Waals surface area contributed by atoms with Crippen molar-refractivity contribution in [3.05, 3.63) is 29.3 Å². The first-order chi connectivity index (χ1) is 14.0. The predicted molar refractivity (Wildman–Crippen MR) is 110 cm³/mol. The third-order valence-corrected chi connectivity index (χ3v) is 6.43. The number of likely N-dealkylation sites (tertiary alicyclic amines) is 1. The van der Waals surface area contributed by atoms with Crippen molar-refractivity contribution in [2.75, 3.05) is 40.3 Å². The Morgan fingerprint density at radius 3 is 2.97 bits per heavy atom. The third-order valence-electron chi connectivity index (χ3n) is 6.43. The zero-order valence-electron chi connectivity index (χ0n) is 17.4. The molecule has 3 unspecified atom stereocenters. The molecule has 0 radical (unpaired) electrons. The van der Waals surface area contributed by atoms with Crippen LogP contribution in [0.4, 0.5) is 0 Å². The van der Waals surface area contributed by atoms with E-state index in [9.17, 15) is 9.59 Å². The number of hydrazine groups is 1. The molecule has 2 amide bonds. The van der Waals surface area contributed by atoms with Crippen LogP contribution < -0.4 is 15.6 Å². The number of nitrogens with one attached hydrogen (secondary N) is 2. The molecule has 3 aliphatic heterocycles. The quantitative estimate of drug-likeness (QED) is 0.788. The van der Waals surface area contributed by atoms with Gasteiger partial charge in [0.05, 0.1) is 18.9 Å². The van der Waals surface area contributed by atoms with Crippen LogP contribution in [0.5, 0.6) is 5.75 Å². The van der Waals surface area contributed by atoms with E-state index >= 15 is 0 Å². The Kier molecular flexibility index (Phi) is 6.06. The number of carbonyl (C=O) groups is 2. The smallest absolute Gasteiger partial charge is 0.228 e. The number of ether oxygens (including phenoxy) is 1. The minimum Gasteiger partial charge on any atom is -0.493 e. The van der Waals surface area contributed by atoms with Crippen LogP contribution in [0.3, 0.4) is 0 Å². The van der Waals surface area contributed by atoms with E-state index in [2.05, 4.69) is 16.9 Å². The topological polar surface area (TPSA) is 73.9 Å². The fourth-order valence-corrected chi connectivity index (χ4v) is 4.87. The molecule has 0 aliphatic carbocycles. The summed E-state index contributed by atoms with van der Waals surface area (Å²) in [5.74, 6) is 1.49. The summed E-state index contributed by atoms with van der Waals surface area (Å²) in [6, 6.07) is 6.21. The van der Waals surface area contributed by atoms with Crippen molar-refractivity contribution in [3.63, 3.8) is 0 Å². The Labute approximate surface area is 172 Å². The second-order valence-corrected chi connectivity index (χ2v) is 8.70. The van der Waals surface area contributed by atoms with Gasteiger partial charge < -0.3 is 14.5 Å². The van der Waals surface area contributed by atoms with Crippen LogP contribution in [0.25, 0.3) is 0 Å². The van der Waals surface area contributed by atoms with E-state index in [0.29, 0.717) is 19.5 Å². The molecule has 29 heavy (non-hydrogen) atoms. The summed E-state index contributed by atoms with van der Waals surface area (Å²) in [7, 11) is 3.61. The molecule has 3 atom stereocenters. The Bertz CT molecular complexity index is 766. The van der Waals surface area contributed by atoms with Crippen molar-refractivity contribution in [1.29, 1.82) is 0 Å². The molecule has 1 aromatic carbocycles. The van der Waals surface area contributed by atoms with Gasteiger partial charge >= 0.3 is 0 Å². The molecule has 0 bridgehead atoms. The van der Waals surface area contributed by atoms with Crippen LogP contribution in [0.15, 0.2) is 18.2 Å². The normalized spacial score (nSPS) is 26.6. The van der Waals surface area contributed by atoms with E-state index in [1.54, 1.807) is 19.0 Å². The Balaban J connectivity index is 1.39. The van der Waals surface area contributed by atoms with Crippen LogP contribution >= 0.6 is 0 Å². The summed E-state index contributed by atoms with van der Waals surface area (Å²) in [4.78, 5) is 29.2. The van der Waals surface area contributed by atoms with Gasteiger partial charge in [0.15, 0.2) is 0 Å². The maximum atomic E-state index is 13.0. The highest BCUT2D eigenvalue weighted by Crippen LogP contribution is 2.28. The Hall–Kier alpha value is -2.12. The summed E-state index contributed by atoms with van der Waals surface area (Å²) in [6.07, 6.45) is 4.50. The standard InChI is InChI=1S/C22H32N4O3/c1-25(2)22(28)18-13-23-24-21(18)17-5-3-9-26(14-17)20(27)12-15-7-8-19-16(11-15)6-4-10-29-19/h7-8,11,17-18,21,23-24H,3-6,9-10,12-14H2,1-2H3. The lowest BCUT2D eigenvalue weighted by Crippen LogP contribution is -2.51. The van der Waals surface area contributed by atoms with E-state index in [0.717, 1.165) is 50.1 Å². The monoisotopic (exact) mass is 400 g/mol. The molecule has 158 valence electrons. The molecule has 3 heterocycles. The van der Waals surface area contributed by atoms with E-state index < -0.39 is 0 Å². The zero-order valence-corrected chi connectivity index (χ0v) is 17.4. The van der Waals surface area contributed by atoms with Gasteiger partial charge in [0.2, 0.25) is 11.8 Å². The fraction of sp³-hybridized carbons (Fsp3) is 0.636. The highest BCUT2D eigenvalue weighted by Gasteiger charge is 2.40. The minimum atomic E-state index is -0.0781. The number of rotatable bonds is 4. The van der Waals surface area contributed by atoms with Gasteiger partial charge in [-0.3, -0.25) is 20.4 Å². The molecule has 4 rings (SSSR count). The van der Waals surface area contributed by atoms with Gasteiger partial charge in [-0.1, -0.05) is 12.1 Å². The molecule has 0 saturated carbocycles. The molecule has 0 aromatic heterocycles. The number of aryl methyl sites for hydroxylation is 1. The van der Waals surface area contributed by atoms with Gasteiger partial charge in [-0.05, 0) is 48.8 Å². The number of carbonyl (C=O) groups excluding carboxylic acids is 2. The fourth-order valence-electron chi connectivity index (χ4n) is 4.87. The Morgan fingerprint density at radius 1 is 1.28 bits per heavy atom. The summed E-state index contributed by atoms with van der Waals surface area (Å²) >= 11 is 0. The number of benzene rings is 1. The second kappa shape index (κ2) is 8.71. The Morgan fingerprint density at radius 2 is 2.14 bits per heavy atom. The van der Waals surface area contributed by atoms with Gasteiger partial charge in [-0.15, -0.1) is 0 Å². The summed E-state index contributed by atoms with van der Waals surface area (Å²) in [5.41, 5.74) is 8.73. The minimum absolute atomic E-state index is 0.0707. The highest BCUT2D eigenvalue weighted by molar-refractivity contribution is 5.80. The first-order valence-corrected chi connectivity index (χ1v) is 10.7. The van der Waals surface area contributed by atoms with Crippen LogP contribution in [0, 0.1) is 11.8 Å². The van der Waals surface area contributed by atoms with Crippen molar-refractivity contribution >= 4 is 11.8 Å². The maximum Gasteiger partial charge on any atom is 0.228 e. The molecular weight excluding hydrogens is 368 g/mol. The lowest BCUT2D eigenvalue weighted by molar-refractivity contribution is -0.134. The van der Waals surface area contributed by atoms with Crippen LogP contribution in [-0.4, -0.2) is 68.0 Å². The number of nitrogens with zero attached hydrogens (tertiary/aromatic N) is 2. The first-order valence-electron chi connectivity index (χ1n) is 10.7. The highest BCUT2D eigenvalue weighted by atomic mass is 16.5. The van der Waals surface area contributed by atoms with Crippen molar-refractivity contribution in [2.24, 2.45) is 11.8 Å². The van der Waals surface area contributed by atoms with Crippen LogP contribution in [-0.2, 0) is 22.4 Å². The van der Waals surface area contributed by atoms with Gasteiger partial charge in [0.1, 0.15) is 5.75 Å². The van der Waals surface area contributed by atoms with E-state index in [-0.39, 0.29) is 29.7 Å². The summed E-state index contributed by atoms with van der Waals surface area (Å²) < 4.78 is 5.68. The number of piperidine rings is 1. The average molecular weight is 401 g/mol.